The van der Waals surface area contributed by atoms with Gasteiger partial charge in [0.25, 0.3) is 0 Å². The number of hydrogen-bond donors (Lipinski definition) is 1. The van der Waals surface area contributed by atoms with Crippen molar-refractivity contribution in [3.05, 3.63) is 58.1 Å². The van der Waals surface area contributed by atoms with Crippen molar-refractivity contribution >= 4 is 35.0 Å². The van der Waals surface area contributed by atoms with Gasteiger partial charge in [0.1, 0.15) is 0 Å². The first kappa shape index (κ1) is 13.5. The van der Waals surface area contributed by atoms with Gasteiger partial charge in [-0.05, 0) is 24.3 Å². The molecule has 0 unspecified atom stereocenters. The third kappa shape index (κ3) is 4.43. The monoisotopic (exact) mass is 270 g/mol. The second-order valence-corrected chi connectivity index (χ2v) is 3.86. The summed E-state index contributed by atoms with van der Waals surface area (Å²) in [6.07, 6.45) is 4.79. The molecule has 1 aromatic rings. The molecule has 0 aliphatic carbocycles. The smallest absolute Gasteiger partial charge is 0.328 e. The molecule has 5 heteroatoms. The number of allylic oxidation sites excluding steroid dienone is 3. The van der Waals surface area contributed by atoms with Gasteiger partial charge >= 0.3 is 5.97 Å². The number of aliphatic carboxylic acids is 1. The topological polar surface area (TPSA) is 54.4 Å². The highest BCUT2D eigenvalue weighted by atomic mass is 35.5. The van der Waals surface area contributed by atoms with E-state index in [4.69, 9.17) is 28.3 Å². The maximum atomic E-state index is 11.6. The van der Waals surface area contributed by atoms with E-state index in [1.807, 2.05) is 0 Å². The van der Waals surface area contributed by atoms with Gasteiger partial charge in [0, 0.05) is 11.6 Å². The van der Waals surface area contributed by atoms with Crippen molar-refractivity contribution in [3.8, 4) is 0 Å². The van der Waals surface area contributed by atoms with Crippen molar-refractivity contribution in [1.29, 1.82) is 0 Å². The van der Waals surface area contributed by atoms with Crippen LogP contribution < -0.4 is 0 Å². The molecule has 0 saturated carbocycles. The third-order valence-electron chi connectivity index (χ3n) is 1.80. The van der Waals surface area contributed by atoms with E-state index in [2.05, 4.69) is 0 Å². The average molecular weight is 271 g/mol. The van der Waals surface area contributed by atoms with E-state index in [0.717, 1.165) is 6.08 Å². The Morgan fingerprint density at radius 3 is 2.29 bits per heavy atom. The van der Waals surface area contributed by atoms with Gasteiger partial charge in [0.15, 0.2) is 5.78 Å². The first-order valence-electron chi connectivity index (χ1n) is 4.58. The van der Waals surface area contributed by atoms with Gasteiger partial charge in [0.2, 0.25) is 0 Å². The number of benzene rings is 1. The van der Waals surface area contributed by atoms with E-state index in [-0.39, 0.29) is 5.78 Å². The normalized spacial score (nSPS) is 11.2. The minimum Gasteiger partial charge on any atom is -0.478 e. The fourth-order valence-electron chi connectivity index (χ4n) is 1.03. The van der Waals surface area contributed by atoms with E-state index in [1.54, 1.807) is 6.07 Å². The number of halogens is 2. The lowest BCUT2D eigenvalue weighted by Gasteiger charge is -1.98. The summed E-state index contributed by atoms with van der Waals surface area (Å²) < 4.78 is 0. The zero-order valence-electron chi connectivity index (χ0n) is 8.56. The second kappa shape index (κ2) is 6.23. The molecule has 1 N–H and O–H groups in total. The largest absolute Gasteiger partial charge is 0.478 e. The third-order valence-corrected chi connectivity index (χ3v) is 2.54. The Kier molecular flexibility index (Phi) is 4.94. The van der Waals surface area contributed by atoms with Crippen LogP contribution >= 0.6 is 23.2 Å². The molecule has 0 aliphatic rings. The molecule has 0 aromatic heterocycles. The first-order chi connectivity index (χ1) is 8.00. The van der Waals surface area contributed by atoms with Crippen molar-refractivity contribution in [2.45, 2.75) is 0 Å². The summed E-state index contributed by atoms with van der Waals surface area (Å²) in [5, 5.41) is 9.00. The minimum atomic E-state index is -1.07. The number of carbonyl (C=O) groups is 2. The zero-order valence-corrected chi connectivity index (χ0v) is 10.1. The number of hydrogen-bond acceptors (Lipinski definition) is 2. The lowest BCUT2D eigenvalue weighted by atomic mass is 10.1. The first-order valence-corrected chi connectivity index (χ1v) is 5.33. The molecular formula is C12H8Cl2O3. The standard InChI is InChI=1S/C12H8Cl2O3/c13-9-6-5-8(7-10(9)14)11(15)3-1-2-4-12(16)17/h1-7H,(H,16,17). The molecule has 17 heavy (non-hydrogen) atoms. The highest BCUT2D eigenvalue weighted by molar-refractivity contribution is 6.42. The average Bonchev–Trinajstić information content (AvgIpc) is 2.27. The van der Waals surface area contributed by atoms with Crippen molar-refractivity contribution < 1.29 is 14.7 Å². The summed E-state index contributed by atoms with van der Waals surface area (Å²) >= 11 is 11.5. The van der Waals surface area contributed by atoms with E-state index < -0.39 is 5.97 Å². The van der Waals surface area contributed by atoms with Crippen molar-refractivity contribution in [2.75, 3.05) is 0 Å². The van der Waals surface area contributed by atoms with E-state index in [9.17, 15) is 9.59 Å². The molecule has 0 atom stereocenters. The Balaban J connectivity index is 2.76. The minimum absolute atomic E-state index is 0.279. The molecule has 0 aliphatic heterocycles. The van der Waals surface area contributed by atoms with Gasteiger partial charge in [-0.2, -0.15) is 0 Å². The SMILES string of the molecule is O=C(O)C=CC=CC(=O)c1ccc(Cl)c(Cl)c1. The van der Waals surface area contributed by atoms with Crippen LogP contribution in [0.25, 0.3) is 0 Å². The molecule has 0 spiro atoms. The van der Waals surface area contributed by atoms with Gasteiger partial charge in [-0.1, -0.05) is 35.4 Å². The lowest BCUT2D eigenvalue weighted by molar-refractivity contribution is -0.131. The predicted octanol–water partition coefficient (Wildman–Crippen LogP) is 3.37. The second-order valence-electron chi connectivity index (χ2n) is 3.05. The van der Waals surface area contributed by atoms with Crippen LogP contribution in [0.4, 0.5) is 0 Å². The van der Waals surface area contributed by atoms with Crippen LogP contribution in [0.3, 0.4) is 0 Å². The molecule has 0 radical (unpaired) electrons. The molecule has 0 bridgehead atoms. The van der Waals surface area contributed by atoms with Crippen molar-refractivity contribution in [2.24, 2.45) is 0 Å². The number of carboxylic acids is 1. The van der Waals surface area contributed by atoms with Gasteiger partial charge < -0.3 is 5.11 Å². The van der Waals surface area contributed by atoms with Gasteiger partial charge in [-0.15, -0.1) is 0 Å². The van der Waals surface area contributed by atoms with Gasteiger partial charge in [-0.25, -0.2) is 4.79 Å². The molecule has 3 nitrogen and oxygen atoms in total. The Bertz CT molecular complexity index is 504. The molecule has 0 amide bonds. The van der Waals surface area contributed by atoms with Crippen LogP contribution in [0.5, 0.6) is 0 Å². The predicted molar refractivity (Wildman–Crippen MR) is 66.7 cm³/mol. The molecular weight excluding hydrogens is 263 g/mol. The summed E-state index contributed by atoms with van der Waals surface area (Å²) in [5.41, 5.74) is 0.388. The van der Waals surface area contributed by atoms with E-state index >= 15 is 0 Å². The lowest BCUT2D eigenvalue weighted by Crippen LogP contribution is -1.93. The highest BCUT2D eigenvalue weighted by Crippen LogP contribution is 2.22. The Morgan fingerprint density at radius 2 is 1.71 bits per heavy atom. The zero-order chi connectivity index (χ0) is 12.8. The highest BCUT2D eigenvalue weighted by Gasteiger charge is 2.04. The summed E-state index contributed by atoms with van der Waals surface area (Å²) in [7, 11) is 0. The summed E-state index contributed by atoms with van der Waals surface area (Å²) in [4.78, 5) is 21.7. The van der Waals surface area contributed by atoms with Crippen LogP contribution in [-0.4, -0.2) is 16.9 Å². The number of carboxylic acid groups (broad SMARTS) is 1. The Hall–Kier alpha value is -1.58. The maximum Gasteiger partial charge on any atom is 0.328 e. The van der Waals surface area contributed by atoms with Crippen LogP contribution in [0.1, 0.15) is 10.4 Å². The van der Waals surface area contributed by atoms with E-state index in [0.29, 0.717) is 15.6 Å². The molecule has 0 saturated heterocycles. The quantitative estimate of drug-likeness (QED) is 0.519. The summed E-state index contributed by atoms with van der Waals surface area (Å²) in [6.45, 7) is 0. The van der Waals surface area contributed by atoms with Crippen LogP contribution in [0.2, 0.25) is 10.0 Å². The fraction of sp³-hybridized carbons (Fsp3) is 0. The van der Waals surface area contributed by atoms with Crippen molar-refractivity contribution in [1.82, 2.24) is 0 Å². The van der Waals surface area contributed by atoms with E-state index in [1.165, 1.54) is 30.4 Å². The van der Waals surface area contributed by atoms with Crippen LogP contribution in [-0.2, 0) is 4.79 Å². The van der Waals surface area contributed by atoms with Gasteiger partial charge in [0.05, 0.1) is 10.0 Å². The molecule has 1 aromatic carbocycles. The number of ketones is 1. The van der Waals surface area contributed by atoms with Crippen LogP contribution in [0, 0.1) is 0 Å². The molecule has 0 fully saturated rings. The molecule has 0 heterocycles. The molecule has 1 rings (SSSR count). The number of rotatable bonds is 4. The summed E-state index contributed by atoms with van der Waals surface area (Å²) in [5.74, 6) is -1.35. The molecule has 88 valence electrons. The van der Waals surface area contributed by atoms with Gasteiger partial charge in [-0.3, -0.25) is 4.79 Å². The number of carbonyl (C=O) groups excluding carboxylic acids is 1. The van der Waals surface area contributed by atoms with Crippen molar-refractivity contribution in [3.63, 3.8) is 0 Å². The Labute approximate surface area is 108 Å². The summed E-state index contributed by atoms with van der Waals surface area (Å²) in [6, 6.07) is 4.53. The Morgan fingerprint density at radius 1 is 1.06 bits per heavy atom. The fourth-order valence-corrected chi connectivity index (χ4v) is 1.32. The maximum absolute atomic E-state index is 11.6. The van der Waals surface area contributed by atoms with Crippen LogP contribution in [0.15, 0.2) is 42.5 Å².